The number of rotatable bonds is 5. The SMILES string of the molecule is O=c1/c(=N/Nc2ccccc2)c(=O)n(-c2ccccc2)c2cc(F)ccc2n1CC12CC3CC(CC(C3)C1)C2. The number of fused-ring (bicyclic) bond motifs is 1. The Morgan fingerprint density at radius 2 is 1.41 bits per heavy atom. The van der Waals surface area contributed by atoms with E-state index in [2.05, 4.69) is 10.5 Å². The Morgan fingerprint density at radius 3 is 2.05 bits per heavy atom. The predicted molar refractivity (Wildman–Crippen MR) is 150 cm³/mol. The number of halogens is 1. The van der Waals surface area contributed by atoms with Crippen molar-refractivity contribution in [3.8, 4) is 5.69 Å². The maximum Gasteiger partial charge on any atom is 0.289 e. The molecule has 198 valence electrons. The van der Waals surface area contributed by atoms with Crippen molar-refractivity contribution in [2.75, 3.05) is 5.43 Å². The molecule has 0 aliphatic heterocycles. The zero-order valence-corrected chi connectivity index (χ0v) is 21.7. The fourth-order valence-electron chi connectivity index (χ4n) is 7.99. The standard InChI is InChI=1S/C32H31FN4O2/c33-24-11-12-27-28(16-24)37(26-9-5-2-6-10-26)31(39)29(35-34-25-7-3-1-4-8-25)30(38)36(27)20-32-17-21-13-22(18-32)15-23(14-21)19-32/h1-12,16,21-23,34H,13-15,17-20H2/b35-29-. The minimum Gasteiger partial charge on any atom is -0.304 e. The van der Waals surface area contributed by atoms with Gasteiger partial charge >= 0.3 is 0 Å². The van der Waals surface area contributed by atoms with Crippen LogP contribution >= 0.6 is 0 Å². The number of anilines is 1. The first-order valence-electron chi connectivity index (χ1n) is 13.9. The van der Waals surface area contributed by atoms with Gasteiger partial charge in [0.2, 0.25) is 5.36 Å². The van der Waals surface area contributed by atoms with Crippen LogP contribution in [0.15, 0.2) is 93.6 Å². The van der Waals surface area contributed by atoms with Crippen LogP contribution in [0.4, 0.5) is 10.1 Å². The first-order valence-corrected chi connectivity index (χ1v) is 13.9. The van der Waals surface area contributed by atoms with Gasteiger partial charge in [0.15, 0.2) is 0 Å². The first-order chi connectivity index (χ1) is 19.0. The van der Waals surface area contributed by atoms with Crippen LogP contribution in [0.1, 0.15) is 38.5 Å². The van der Waals surface area contributed by atoms with Crippen molar-refractivity contribution in [3.63, 3.8) is 0 Å². The monoisotopic (exact) mass is 522 g/mol. The molecule has 1 heterocycles. The van der Waals surface area contributed by atoms with E-state index in [0.29, 0.717) is 46.7 Å². The maximum absolute atomic E-state index is 14.8. The molecule has 4 fully saturated rings. The normalized spacial score (nSPS) is 25.8. The summed E-state index contributed by atoms with van der Waals surface area (Å²) in [6, 6.07) is 22.7. The second-order valence-corrected chi connectivity index (χ2v) is 11.9. The van der Waals surface area contributed by atoms with Gasteiger partial charge in [0.1, 0.15) is 5.82 Å². The van der Waals surface area contributed by atoms with Crippen molar-refractivity contribution < 1.29 is 4.39 Å². The minimum absolute atomic E-state index is 0.0129. The van der Waals surface area contributed by atoms with Gasteiger partial charge in [0.05, 0.1) is 16.7 Å². The van der Waals surface area contributed by atoms with Gasteiger partial charge in [-0.3, -0.25) is 19.6 Å². The first kappa shape index (κ1) is 24.1. The van der Waals surface area contributed by atoms with Gasteiger partial charge < -0.3 is 4.57 Å². The third-order valence-electron chi connectivity index (χ3n) is 9.07. The van der Waals surface area contributed by atoms with E-state index < -0.39 is 16.9 Å². The molecule has 0 saturated heterocycles. The smallest absolute Gasteiger partial charge is 0.289 e. The summed E-state index contributed by atoms with van der Waals surface area (Å²) >= 11 is 0. The Kier molecular flexibility index (Phi) is 5.76. The third kappa shape index (κ3) is 4.30. The van der Waals surface area contributed by atoms with E-state index >= 15 is 0 Å². The number of aromatic nitrogens is 2. The van der Waals surface area contributed by atoms with Crippen molar-refractivity contribution in [1.82, 2.24) is 9.13 Å². The fraction of sp³-hybridized carbons (Fsp3) is 0.344. The molecular formula is C32H31FN4O2. The average molecular weight is 523 g/mol. The Hall–Kier alpha value is -4.00. The summed E-state index contributed by atoms with van der Waals surface area (Å²) in [5, 5.41) is 4.17. The summed E-state index contributed by atoms with van der Waals surface area (Å²) in [4.78, 5) is 28.5. The van der Waals surface area contributed by atoms with E-state index in [1.807, 2.05) is 48.5 Å². The van der Waals surface area contributed by atoms with Crippen molar-refractivity contribution in [1.29, 1.82) is 0 Å². The molecule has 4 bridgehead atoms. The fourth-order valence-corrected chi connectivity index (χ4v) is 7.99. The number of benzene rings is 3. The van der Waals surface area contributed by atoms with Gasteiger partial charge in [0.25, 0.3) is 11.1 Å². The topological polar surface area (TPSA) is 68.4 Å². The number of para-hydroxylation sites is 2. The Morgan fingerprint density at radius 1 is 0.795 bits per heavy atom. The van der Waals surface area contributed by atoms with Crippen LogP contribution in [-0.4, -0.2) is 9.13 Å². The number of nitrogens with zero attached hydrogens (tertiary/aromatic N) is 3. The third-order valence-corrected chi connectivity index (χ3v) is 9.07. The molecule has 7 heteroatoms. The van der Waals surface area contributed by atoms with Gasteiger partial charge in [0, 0.05) is 18.3 Å². The van der Waals surface area contributed by atoms with Gasteiger partial charge in [-0.05, 0) is 98.1 Å². The molecule has 8 rings (SSSR count). The molecule has 0 unspecified atom stereocenters. The lowest BCUT2D eigenvalue weighted by atomic mass is 9.49. The summed E-state index contributed by atoms with van der Waals surface area (Å²) < 4.78 is 17.9. The summed E-state index contributed by atoms with van der Waals surface area (Å²) in [5.74, 6) is 1.66. The molecule has 4 saturated carbocycles. The van der Waals surface area contributed by atoms with Gasteiger partial charge in [-0.15, -0.1) is 0 Å². The average Bonchev–Trinajstić information content (AvgIpc) is 3.00. The van der Waals surface area contributed by atoms with E-state index in [1.165, 1.54) is 36.0 Å². The van der Waals surface area contributed by atoms with Crippen molar-refractivity contribution >= 4 is 16.7 Å². The zero-order chi connectivity index (χ0) is 26.6. The molecule has 39 heavy (non-hydrogen) atoms. The molecule has 1 N–H and O–H groups in total. The molecule has 0 amide bonds. The van der Waals surface area contributed by atoms with E-state index in [4.69, 9.17) is 0 Å². The van der Waals surface area contributed by atoms with Crippen LogP contribution in [0.3, 0.4) is 0 Å². The highest BCUT2D eigenvalue weighted by Gasteiger charge is 2.51. The highest BCUT2D eigenvalue weighted by atomic mass is 19.1. The van der Waals surface area contributed by atoms with Crippen LogP contribution in [0.2, 0.25) is 0 Å². The summed E-state index contributed by atoms with van der Waals surface area (Å²) in [7, 11) is 0. The molecule has 6 nitrogen and oxygen atoms in total. The molecule has 1 aromatic heterocycles. The van der Waals surface area contributed by atoms with Crippen LogP contribution in [0.5, 0.6) is 0 Å². The van der Waals surface area contributed by atoms with Crippen LogP contribution < -0.4 is 21.9 Å². The largest absolute Gasteiger partial charge is 0.304 e. The molecule has 3 aromatic carbocycles. The highest BCUT2D eigenvalue weighted by molar-refractivity contribution is 5.77. The summed E-state index contributed by atoms with van der Waals surface area (Å²) in [6.07, 6.45) is 7.19. The molecule has 0 atom stereocenters. The second kappa shape index (κ2) is 9.33. The summed E-state index contributed by atoms with van der Waals surface area (Å²) in [6.45, 7) is 0.508. The Balaban J connectivity index is 1.51. The molecule has 4 aliphatic carbocycles. The van der Waals surface area contributed by atoms with Gasteiger partial charge in [-0.1, -0.05) is 36.4 Å². The molecule has 4 aromatic rings. The Labute approximate surface area is 225 Å². The van der Waals surface area contributed by atoms with Crippen molar-refractivity contribution in [2.45, 2.75) is 45.1 Å². The maximum atomic E-state index is 14.8. The lowest BCUT2D eigenvalue weighted by Gasteiger charge is -2.57. The second-order valence-electron chi connectivity index (χ2n) is 11.9. The number of hydrogen-bond donors (Lipinski definition) is 1. The van der Waals surface area contributed by atoms with E-state index in [9.17, 15) is 14.0 Å². The molecule has 0 radical (unpaired) electrons. The van der Waals surface area contributed by atoms with E-state index in [1.54, 1.807) is 22.8 Å². The van der Waals surface area contributed by atoms with E-state index in [0.717, 1.165) is 19.3 Å². The van der Waals surface area contributed by atoms with Gasteiger partial charge in [-0.2, -0.15) is 5.10 Å². The van der Waals surface area contributed by atoms with E-state index in [-0.39, 0.29) is 10.8 Å². The number of hydrogen-bond acceptors (Lipinski definition) is 4. The summed E-state index contributed by atoms with van der Waals surface area (Å²) in [5.41, 5.74) is 3.99. The highest BCUT2D eigenvalue weighted by Crippen LogP contribution is 2.60. The lowest BCUT2D eigenvalue weighted by molar-refractivity contribution is -0.0617. The van der Waals surface area contributed by atoms with Gasteiger partial charge in [-0.25, -0.2) is 4.39 Å². The molecule has 4 aliphatic rings. The Bertz CT molecular complexity index is 1710. The number of nitrogens with one attached hydrogen (secondary N) is 1. The zero-order valence-electron chi connectivity index (χ0n) is 21.7. The molecule has 0 spiro atoms. The van der Waals surface area contributed by atoms with Crippen LogP contribution in [0.25, 0.3) is 16.7 Å². The van der Waals surface area contributed by atoms with Crippen LogP contribution in [0, 0.1) is 29.0 Å². The minimum atomic E-state index is -0.588. The molecular weight excluding hydrogens is 491 g/mol. The van der Waals surface area contributed by atoms with Crippen molar-refractivity contribution in [3.05, 3.63) is 111 Å². The van der Waals surface area contributed by atoms with Crippen molar-refractivity contribution in [2.24, 2.45) is 28.3 Å². The van der Waals surface area contributed by atoms with Crippen LogP contribution in [-0.2, 0) is 6.54 Å². The quantitative estimate of drug-likeness (QED) is 0.355. The predicted octanol–water partition coefficient (Wildman–Crippen LogP) is 5.44. The lowest BCUT2D eigenvalue weighted by Crippen LogP contribution is -2.51.